The van der Waals surface area contributed by atoms with Crippen molar-refractivity contribution in [3.8, 4) is 11.1 Å². The monoisotopic (exact) mass is 433 g/mol. The fraction of sp³-hybridized carbons (Fsp3) is 0.286. The van der Waals surface area contributed by atoms with Gasteiger partial charge in [-0.2, -0.15) is 8.42 Å². The van der Waals surface area contributed by atoms with E-state index in [9.17, 15) is 16.8 Å². The molecule has 0 radical (unpaired) electrons. The highest BCUT2D eigenvalue weighted by atomic mass is 32.2. The highest BCUT2D eigenvalue weighted by molar-refractivity contribution is 7.91. The Morgan fingerprint density at radius 2 is 1.69 bits per heavy atom. The van der Waals surface area contributed by atoms with Crippen molar-refractivity contribution in [2.75, 3.05) is 12.5 Å². The van der Waals surface area contributed by atoms with E-state index in [0.29, 0.717) is 11.1 Å². The number of benzene rings is 2. The van der Waals surface area contributed by atoms with Crippen molar-refractivity contribution in [1.82, 2.24) is 4.98 Å². The van der Waals surface area contributed by atoms with E-state index in [2.05, 4.69) is 4.98 Å². The fourth-order valence-electron chi connectivity index (χ4n) is 2.98. The van der Waals surface area contributed by atoms with Crippen LogP contribution in [0.15, 0.2) is 54.7 Å². The van der Waals surface area contributed by atoms with Gasteiger partial charge in [0.05, 0.1) is 23.1 Å². The first kappa shape index (κ1) is 21.4. The molecule has 154 valence electrons. The molecule has 0 unspecified atom stereocenters. The first-order valence-corrected chi connectivity index (χ1v) is 12.6. The summed E-state index contributed by atoms with van der Waals surface area (Å²) in [5.74, 6) is 0. The van der Waals surface area contributed by atoms with Crippen LogP contribution < -0.4 is 0 Å². The van der Waals surface area contributed by atoms with Crippen molar-refractivity contribution < 1.29 is 21.0 Å². The van der Waals surface area contributed by atoms with Gasteiger partial charge in [-0.1, -0.05) is 24.3 Å². The van der Waals surface area contributed by atoms with E-state index in [-0.39, 0.29) is 6.61 Å². The number of rotatable bonds is 6. The number of sulfone groups is 1. The molecule has 0 aliphatic heterocycles. The van der Waals surface area contributed by atoms with Crippen LogP contribution in [-0.2, 0) is 35.5 Å². The third-order valence-corrected chi connectivity index (χ3v) is 7.64. The van der Waals surface area contributed by atoms with E-state index in [4.69, 9.17) is 4.18 Å². The molecule has 0 spiro atoms. The van der Waals surface area contributed by atoms with Gasteiger partial charge in [-0.15, -0.1) is 0 Å². The molecular formula is C21H23NO5S2. The van der Waals surface area contributed by atoms with E-state index < -0.39 is 24.7 Å². The largest absolute Gasteiger partial charge is 0.265 e. The summed E-state index contributed by atoms with van der Waals surface area (Å²) in [6, 6.07) is 14.7. The highest BCUT2D eigenvalue weighted by Gasteiger charge is 2.33. The smallest absolute Gasteiger partial charge is 0.264 e. The number of hydrogen-bond acceptors (Lipinski definition) is 6. The molecule has 0 bridgehead atoms. The van der Waals surface area contributed by atoms with Gasteiger partial charge in [0.2, 0.25) is 0 Å². The number of aromatic nitrogens is 1. The Bertz CT molecular complexity index is 1280. The summed E-state index contributed by atoms with van der Waals surface area (Å²) in [4.78, 5) is 4.48. The van der Waals surface area contributed by atoms with E-state index in [1.165, 1.54) is 6.26 Å². The van der Waals surface area contributed by atoms with Crippen LogP contribution in [0.25, 0.3) is 22.0 Å². The molecule has 0 aliphatic rings. The summed E-state index contributed by atoms with van der Waals surface area (Å²) in [5, 5.41) is 0.828. The number of hydrogen-bond donors (Lipinski definition) is 0. The third-order valence-electron chi connectivity index (χ3n) is 5.00. The number of nitrogens with zero attached hydrogens (tertiary/aromatic N) is 1. The normalized spacial score (nSPS) is 13.0. The third kappa shape index (κ3) is 4.66. The topological polar surface area (TPSA) is 90.4 Å². The van der Waals surface area contributed by atoms with Crippen LogP contribution in [0.2, 0.25) is 0 Å². The van der Waals surface area contributed by atoms with Gasteiger partial charge in [-0.05, 0) is 54.8 Å². The van der Waals surface area contributed by atoms with E-state index in [1.807, 2.05) is 30.3 Å². The molecule has 0 N–H and O–H groups in total. The van der Waals surface area contributed by atoms with E-state index >= 15 is 0 Å². The quantitative estimate of drug-likeness (QED) is 0.551. The van der Waals surface area contributed by atoms with Gasteiger partial charge in [-0.3, -0.25) is 9.17 Å². The SMILES string of the molecule is CC(C)(c1cc(-c2cccc(COS(C)(=O)=O)c2)c2ncccc2c1)S(C)(=O)=O. The minimum atomic E-state index is -3.56. The zero-order chi connectivity index (χ0) is 21.4. The lowest BCUT2D eigenvalue weighted by atomic mass is 9.93. The number of pyridine rings is 1. The molecule has 3 rings (SSSR count). The van der Waals surface area contributed by atoms with Crippen molar-refractivity contribution in [3.05, 3.63) is 65.9 Å². The molecule has 6 nitrogen and oxygen atoms in total. The molecule has 0 saturated heterocycles. The Hall–Kier alpha value is -2.29. The molecule has 3 aromatic rings. The molecule has 0 saturated carbocycles. The van der Waals surface area contributed by atoms with Crippen LogP contribution in [-0.4, -0.2) is 34.3 Å². The van der Waals surface area contributed by atoms with Crippen molar-refractivity contribution >= 4 is 30.9 Å². The molecule has 0 aliphatic carbocycles. The second-order valence-corrected chi connectivity index (χ2v) is 11.8. The standard InChI is InChI=1S/C21H23NO5S2/c1-21(2,28(3,23)24)18-12-17-9-6-10-22-20(17)19(13-18)16-8-5-7-15(11-16)14-27-29(4,25)26/h5-13H,14H2,1-4H3. The first-order chi connectivity index (χ1) is 13.4. The summed E-state index contributed by atoms with van der Waals surface area (Å²) >= 11 is 0. The van der Waals surface area contributed by atoms with Crippen LogP contribution in [0.1, 0.15) is 25.0 Å². The van der Waals surface area contributed by atoms with Crippen molar-refractivity contribution in [3.63, 3.8) is 0 Å². The Balaban J connectivity index is 2.19. The van der Waals surface area contributed by atoms with Crippen LogP contribution in [0.4, 0.5) is 0 Å². The molecule has 29 heavy (non-hydrogen) atoms. The lowest BCUT2D eigenvalue weighted by Gasteiger charge is -2.24. The molecule has 0 fully saturated rings. The van der Waals surface area contributed by atoms with Crippen molar-refractivity contribution in [2.24, 2.45) is 0 Å². The zero-order valence-corrected chi connectivity index (χ0v) is 18.3. The second-order valence-electron chi connectivity index (χ2n) is 7.55. The van der Waals surface area contributed by atoms with Gasteiger partial charge in [0.25, 0.3) is 10.1 Å². The van der Waals surface area contributed by atoms with Gasteiger partial charge in [-0.25, -0.2) is 8.42 Å². The molecule has 8 heteroatoms. The highest BCUT2D eigenvalue weighted by Crippen LogP contribution is 2.36. The van der Waals surface area contributed by atoms with E-state index in [1.54, 1.807) is 38.2 Å². The Kier molecular flexibility index (Phi) is 5.55. The number of fused-ring (bicyclic) bond motifs is 1. The molecule has 1 heterocycles. The summed E-state index contributed by atoms with van der Waals surface area (Å²) in [6.07, 6.45) is 3.91. The molecule has 2 aromatic carbocycles. The van der Waals surface area contributed by atoms with Gasteiger partial charge < -0.3 is 0 Å². The summed E-state index contributed by atoms with van der Waals surface area (Å²) in [7, 11) is -6.92. The Morgan fingerprint density at radius 3 is 2.34 bits per heavy atom. The van der Waals surface area contributed by atoms with Gasteiger partial charge in [0.1, 0.15) is 0 Å². The van der Waals surface area contributed by atoms with Crippen LogP contribution in [0, 0.1) is 0 Å². The lowest BCUT2D eigenvalue weighted by Crippen LogP contribution is -2.28. The van der Waals surface area contributed by atoms with Gasteiger partial charge in [0, 0.05) is 23.4 Å². The van der Waals surface area contributed by atoms with Crippen LogP contribution in [0.5, 0.6) is 0 Å². The summed E-state index contributed by atoms with van der Waals surface area (Å²) in [5.41, 5.74) is 3.66. The fourth-order valence-corrected chi connectivity index (χ4v) is 3.87. The van der Waals surface area contributed by atoms with Crippen molar-refractivity contribution in [1.29, 1.82) is 0 Å². The Labute approximate surface area is 171 Å². The van der Waals surface area contributed by atoms with Crippen LogP contribution in [0.3, 0.4) is 0 Å². The van der Waals surface area contributed by atoms with Gasteiger partial charge >= 0.3 is 0 Å². The molecule has 1 aromatic heterocycles. The maximum Gasteiger partial charge on any atom is 0.264 e. The summed E-state index contributed by atoms with van der Waals surface area (Å²) < 4.78 is 51.2. The van der Waals surface area contributed by atoms with Gasteiger partial charge in [0.15, 0.2) is 9.84 Å². The van der Waals surface area contributed by atoms with Crippen molar-refractivity contribution in [2.45, 2.75) is 25.2 Å². The zero-order valence-electron chi connectivity index (χ0n) is 16.7. The maximum atomic E-state index is 12.4. The predicted octanol–water partition coefficient (Wildman–Crippen LogP) is 3.66. The molecule has 0 atom stereocenters. The van der Waals surface area contributed by atoms with E-state index in [0.717, 1.165) is 28.3 Å². The average molecular weight is 434 g/mol. The second kappa shape index (κ2) is 7.51. The Morgan fingerprint density at radius 1 is 0.966 bits per heavy atom. The van der Waals surface area contributed by atoms with Crippen LogP contribution >= 0.6 is 0 Å². The minimum Gasteiger partial charge on any atom is -0.265 e. The predicted molar refractivity (Wildman–Crippen MR) is 115 cm³/mol. The maximum absolute atomic E-state index is 12.4. The average Bonchev–Trinajstić information content (AvgIpc) is 2.64. The first-order valence-electron chi connectivity index (χ1n) is 8.91. The molecular weight excluding hydrogens is 410 g/mol. The minimum absolute atomic E-state index is 0.0768. The summed E-state index contributed by atoms with van der Waals surface area (Å²) in [6.45, 7) is 3.28. The molecule has 0 amide bonds. The lowest BCUT2D eigenvalue weighted by molar-refractivity contribution is 0.312.